The topological polar surface area (TPSA) is 75.6 Å². The van der Waals surface area contributed by atoms with Crippen LogP contribution in [-0.2, 0) is 11.2 Å². The fourth-order valence-corrected chi connectivity index (χ4v) is 4.82. The summed E-state index contributed by atoms with van der Waals surface area (Å²) >= 11 is 8.52. The Labute approximate surface area is 181 Å². The number of aromatic amines is 1. The third kappa shape index (κ3) is 4.36. The molecule has 0 spiro atoms. The van der Waals surface area contributed by atoms with Gasteiger partial charge in [0, 0.05) is 23.9 Å². The van der Waals surface area contributed by atoms with E-state index >= 15 is 0 Å². The minimum absolute atomic E-state index is 0.0983. The van der Waals surface area contributed by atoms with E-state index < -0.39 is 6.04 Å². The maximum Gasteiger partial charge on any atom is 0.242 e. The number of nitrogens with one attached hydrogen (secondary N) is 2. The van der Waals surface area contributed by atoms with Crippen molar-refractivity contribution < 1.29 is 4.79 Å². The minimum atomic E-state index is -0.464. The normalized spacial score (nSPS) is 12.0. The number of thiophene rings is 1. The molecule has 2 N–H and O–H groups in total. The zero-order valence-electron chi connectivity index (χ0n) is 15.7. The van der Waals surface area contributed by atoms with Crippen molar-refractivity contribution in [1.29, 1.82) is 0 Å². The Bertz CT molecular complexity index is 1140. The highest BCUT2D eigenvalue weighted by Gasteiger charge is 2.21. The number of nitrogens with zero attached hydrogens (tertiary/aromatic N) is 3. The Morgan fingerprint density at radius 3 is 2.83 bits per heavy atom. The number of carbonyl (C=O) groups is 1. The number of hydrogen-bond donors (Lipinski definition) is 2. The van der Waals surface area contributed by atoms with Gasteiger partial charge in [0.25, 0.3) is 0 Å². The molecule has 0 bridgehead atoms. The molecule has 0 radical (unpaired) electrons. The molecule has 0 saturated carbocycles. The zero-order valence-corrected chi connectivity index (χ0v) is 18.1. The van der Waals surface area contributed by atoms with Gasteiger partial charge in [0.05, 0.1) is 10.6 Å². The van der Waals surface area contributed by atoms with E-state index in [1.807, 2.05) is 60.1 Å². The molecule has 1 aromatic carbocycles. The number of rotatable bonds is 7. The molecular formula is C20H19N5OS3. The van der Waals surface area contributed by atoms with Gasteiger partial charge in [-0.3, -0.25) is 14.5 Å². The molecule has 0 fully saturated rings. The molecule has 6 nitrogen and oxygen atoms in total. The van der Waals surface area contributed by atoms with Crippen molar-refractivity contribution in [2.24, 2.45) is 0 Å². The lowest BCUT2D eigenvalue weighted by Crippen LogP contribution is -2.32. The lowest BCUT2D eigenvalue weighted by Gasteiger charge is -2.15. The van der Waals surface area contributed by atoms with Crippen molar-refractivity contribution in [1.82, 2.24) is 25.1 Å². The molecular weight excluding hydrogens is 422 g/mol. The largest absolute Gasteiger partial charge is 0.354 e. The van der Waals surface area contributed by atoms with Crippen molar-refractivity contribution in [2.45, 2.75) is 19.4 Å². The van der Waals surface area contributed by atoms with Gasteiger partial charge in [0.2, 0.25) is 5.91 Å². The molecule has 4 aromatic rings. The van der Waals surface area contributed by atoms with E-state index in [9.17, 15) is 4.79 Å². The van der Waals surface area contributed by atoms with E-state index in [1.165, 1.54) is 0 Å². The van der Waals surface area contributed by atoms with Crippen LogP contribution in [0.4, 0.5) is 0 Å². The van der Waals surface area contributed by atoms with E-state index in [-0.39, 0.29) is 5.91 Å². The Kier molecular flexibility index (Phi) is 5.98. The summed E-state index contributed by atoms with van der Waals surface area (Å²) in [4.78, 5) is 18.3. The van der Waals surface area contributed by atoms with Crippen molar-refractivity contribution in [3.8, 4) is 21.3 Å². The van der Waals surface area contributed by atoms with E-state index in [4.69, 9.17) is 12.2 Å². The first-order valence-corrected chi connectivity index (χ1v) is 11.3. The van der Waals surface area contributed by atoms with E-state index in [2.05, 4.69) is 20.5 Å². The van der Waals surface area contributed by atoms with Gasteiger partial charge in [-0.2, -0.15) is 5.10 Å². The Morgan fingerprint density at radius 2 is 2.07 bits per heavy atom. The van der Waals surface area contributed by atoms with Crippen molar-refractivity contribution in [3.05, 3.63) is 63.7 Å². The first-order valence-electron chi connectivity index (χ1n) is 9.12. The minimum Gasteiger partial charge on any atom is -0.354 e. The number of H-pyrrole nitrogens is 1. The summed E-state index contributed by atoms with van der Waals surface area (Å²) in [5.74, 6) is 0.582. The molecule has 1 amide bonds. The van der Waals surface area contributed by atoms with Gasteiger partial charge in [-0.1, -0.05) is 36.4 Å². The van der Waals surface area contributed by atoms with Crippen LogP contribution >= 0.6 is 34.9 Å². The number of carbonyl (C=O) groups excluding carboxylic acids is 1. The maximum atomic E-state index is 12.7. The van der Waals surface area contributed by atoms with Crippen molar-refractivity contribution in [2.75, 3.05) is 6.54 Å². The highest BCUT2D eigenvalue weighted by Crippen LogP contribution is 2.26. The first-order chi connectivity index (χ1) is 14.1. The predicted molar refractivity (Wildman–Crippen MR) is 120 cm³/mol. The van der Waals surface area contributed by atoms with Gasteiger partial charge >= 0.3 is 0 Å². The van der Waals surface area contributed by atoms with Crippen LogP contribution in [0, 0.1) is 4.77 Å². The second kappa shape index (κ2) is 8.81. The molecule has 148 valence electrons. The summed E-state index contributed by atoms with van der Waals surface area (Å²) < 4.78 is 2.19. The smallest absolute Gasteiger partial charge is 0.242 e. The number of thiazole rings is 1. The number of aromatic nitrogens is 4. The molecule has 3 heterocycles. The molecule has 29 heavy (non-hydrogen) atoms. The van der Waals surface area contributed by atoms with Gasteiger partial charge in [0.1, 0.15) is 11.0 Å². The molecule has 0 saturated heterocycles. The van der Waals surface area contributed by atoms with Gasteiger partial charge in [-0.05, 0) is 30.6 Å². The summed E-state index contributed by atoms with van der Waals surface area (Å²) in [6, 6.07) is 13.5. The summed E-state index contributed by atoms with van der Waals surface area (Å²) in [6.45, 7) is 2.34. The monoisotopic (exact) mass is 441 g/mol. The van der Waals surface area contributed by atoms with Crippen LogP contribution in [0.5, 0.6) is 0 Å². The third-order valence-electron chi connectivity index (χ3n) is 4.47. The van der Waals surface area contributed by atoms with Crippen LogP contribution in [0.3, 0.4) is 0 Å². The highest BCUT2D eigenvalue weighted by molar-refractivity contribution is 7.71. The summed E-state index contributed by atoms with van der Waals surface area (Å²) in [6.07, 6.45) is 0.677. The van der Waals surface area contributed by atoms with Crippen LogP contribution < -0.4 is 5.32 Å². The fourth-order valence-electron chi connectivity index (χ4n) is 2.96. The van der Waals surface area contributed by atoms with Crippen LogP contribution in [0.1, 0.15) is 18.7 Å². The van der Waals surface area contributed by atoms with E-state index in [1.54, 1.807) is 27.2 Å². The molecule has 0 aliphatic rings. The lowest BCUT2D eigenvalue weighted by atomic mass is 10.2. The third-order valence-corrected chi connectivity index (χ3v) is 6.56. The second-order valence-electron chi connectivity index (χ2n) is 6.43. The molecule has 9 heteroatoms. The number of amides is 1. The van der Waals surface area contributed by atoms with Crippen LogP contribution in [0.15, 0.2) is 53.2 Å². The maximum absolute atomic E-state index is 12.7. The number of benzene rings is 1. The SMILES string of the molecule is C[C@@H](C(=O)NCCc1csc(-c2ccccc2)n1)n1c(-c2cccs2)n[nH]c1=S. The Morgan fingerprint density at radius 1 is 1.24 bits per heavy atom. The molecule has 4 rings (SSSR count). The van der Waals surface area contributed by atoms with Crippen molar-refractivity contribution in [3.63, 3.8) is 0 Å². The molecule has 0 aliphatic carbocycles. The molecule has 3 aromatic heterocycles. The average Bonchev–Trinajstić information content (AvgIpc) is 3.49. The average molecular weight is 442 g/mol. The summed E-state index contributed by atoms with van der Waals surface area (Å²) in [7, 11) is 0. The molecule has 0 unspecified atom stereocenters. The van der Waals surface area contributed by atoms with Gasteiger partial charge in [-0.25, -0.2) is 4.98 Å². The van der Waals surface area contributed by atoms with Crippen LogP contribution in [0.2, 0.25) is 0 Å². The highest BCUT2D eigenvalue weighted by atomic mass is 32.1. The molecule has 1 atom stereocenters. The zero-order chi connectivity index (χ0) is 20.2. The second-order valence-corrected chi connectivity index (χ2v) is 8.62. The van der Waals surface area contributed by atoms with E-state index in [0.29, 0.717) is 23.6 Å². The van der Waals surface area contributed by atoms with Gasteiger partial charge in [-0.15, -0.1) is 22.7 Å². The van der Waals surface area contributed by atoms with Gasteiger partial charge < -0.3 is 5.32 Å². The van der Waals surface area contributed by atoms with Crippen LogP contribution in [0.25, 0.3) is 21.3 Å². The first kappa shape index (κ1) is 19.7. The molecule has 0 aliphatic heterocycles. The quantitative estimate of drug-likeness (QED) is 0.407. The van der Waals surface area contributed by atoms with E-state index in [0.717, 1.165) is 21.1 Å². The Balaban J connectivity index is 1.38. The summed E-state index contributed by atoms with van der Waals surface area (Å²) in [5, 5.41) is 15.1. The predicted octanol–water partition coefficient (Wildman–Crippen LogP) is 4.71. The fraction of sp³-hybridized carbons (Fsp3) is 0.200. The standard InChI is InChI=1S/C20H19N5OS3/c1-13(25-17(23-24-20(25)27)16-8-5-11-28-16)18(26)21-10-9-15-12-29-19(22-15)14-6-3-2-4-7-14/h2-8,11-13H,9-10H2,1H3,(H,21,26)(H,24,27)/t13-/m0/s1. The van der Waals surface area contributed by atoms with Crippen molar-refractivity contribution >= 4 is 40.8 Å². The lowest BCUT2D eigenvalue weighted by molar-refractivity contribution is -0.123. The van der Waals surface area contributed by atoms with Gasteiger partial charge in [0.15, 0.2) is 10.6 Å². The Hall–Kier alpha value is -2.62. The summed E-state index contributed by atoms with van der Waals surface area (Å²) in [5.41, 5.74) is 2.08. The van der Waals surface area contributed by atoms with Crippen LogP contribution in [-0.4, -0.2) is 32.2 Å². The number of hydrogen-bond acceptors (Lipinski definition) is 6.